The number of benzene rings is 2. The summed E-state index contributed by atoms with van der Waals surface area (Å²) >= 11 is 13.6. The molecule has 0 bridgehead atoms. The molecule has 2 aliphatic heterocycles. The lowest BCUT2D eigenvalue weighted by atomic mass is 9.74. The van der Waals surface area contributed by atoms with Gasteiger partial charge in [-0.1, -0.05) is 59.6 Å². The minimum Gasteiger partial charge on any atom is -0.342 e. The van der Waals surface area contributed by atoms with E-state index in [0.717, 1.165) is 85.2 Å². The number of fused-ring (bicyclic) bond motifs is 4. The molecule has 1 unspecified atom stereocenters. The molecule has 2 aromatic carbocycles. The molecule has 2 aliphatic carbocycles. The SMILES string of the molecule is CC(C)N(C)C(=O)[C@H]1CC([C@@H]2c3ncccc3CCc3cccc(Cl)c32)CCN1C.CC(C)N(C)C(=O)[C@H]1CN([C@H]2c3ncccc3CCc3cccc(Cl)c32)CCN1C. The van der Waals surface area contributed by atoms with Gasteiger partial charge in [-0.25, -0.2) is 0 Å². The summed E-state index contributed by atoms with van der Waals surface area (Å²) in [4.78, 5) is 46.7. The van der Waals surface area contributed by atoms with Gasteiger partial charge in [0.15, 0.2) is 0 Å². The van der Waals surface area contributed by atoms with Crippen LogP contribution in [0.3, 0.4) is 0 Å². The summed E-state index contributed by atoms with van der Waals surface area (Å²) in [6, 6.07) is 21.0. The van der Waals surface area contributed by atoms with Crippen molar-refractivity contribution in [3.8, 4) is 0 Å². The van der Waals surface area contributed by atoms with Crippen molar-refractivity contribution >= 4 is 35.0 Å². The Balaban J connectivity index is 0.000000181. The number of rotatable bonds is 6. The molecule has 0 radical (unpaired) electrons. The van der Waals surface area contributed by atoms with Crippen LogP contribution in [0, 0.1) is 5.92 Å². The zero-order valence-electron chi connectivity index (χ0n) is 36.7. The highest BCUT2D eigenvalue weighted by molar-refractivity contribution is 6.32. The van der Waals surface area contributed by atoms with E-state index in [1.165, 1.54) is 27.8 Å². The van der Waals surface area contributed by atoms with Crippen LogP contribution >= 0.6 is 23.2 Å². The van der Waals surface area contributed by atoms with Crippen LogP contribution in [0.1, 0.15) is 97.3 Å². The number of likely N-dealkylation sites (tertiary alicyclic amines) is 1. The fourth-order valence-electron chi connectivity index (χ4n) is 9.81. The van der Waals surface area contributed by atoms with E-state index in [4.69, 9.17) is 33.2 Å². The molecule has 2 amide bonds. The highest BCUT2D eigenvalue weighted by Gasteiger charge is 2.42. The number of pyridine rings is 2. The van der Waals surface area contributed by atoms with Crippen molar-refractivity contribution < 1.29 is 9.59 Å². The third-order valence-electron chi connectivity index (χ3n) is 13.8. The number of amides is 2. The van der Waals surface area contributed by atoms with Crippen LogP contribution in [0.5, 0.6) is 0 Å². The minimum absolute atomic E-state index is 0.0271. The first-order valence-corrected chi connectivity index (χ1v) is 22.6. The monoisotopic (exact) mass is 851 g/mol. The van der Waals surface area contributed by atoms with Gasteiger partial charge in [0.25, 0.3) is 0 Å². The molecule has 320 valence electrons. The van der Waals surface area contributed by atoms with Gasteiger partial charge in [0, 0.05) is 74.2 Å². The number of piperidine rings is 1. The van der Waals surface area contributed by atoms with Crippen LogP contribution in [0.2, 0.25) is 10.0 Å². The lowest BCUT2D eigenvalue weighted by Gasteiger charge is -2.44. The zero-order valence-corrected chi connectivity index (χ0v) is 38.3. The Hall–Kier alpha value is -3.86. The van der Waals surface area contributed by atoms with Crippen LogP contribution in [0.15, 0.2) is 73.1 Å². The number of carbonyl (C=O) groups is 2. The summed E-state index contributed by atoms with van der Waals surface area (Å²) in [6.45, 7) is 11.5. The number of carbonyl (C=O) groups excluding carboxylic acids is 2. The molecule has 0 N–H and O–H groups in total. The summed E-state index contributed by atoms with van der Waals surface area (Å²) in [7, 11) is 7.94. The van der Waals surface area contributed by atoms with Gasteiger partial charge in [0.2, 0.25) is 11.8 Å². The molecule has 60 heavy (non-hydrogen) atoms. The number of nitrogens with zero attached hydrogens (tertiary/aromatic N) is 7. The van der Waals surface area contributed by atoms with Gasteiger partial charge < -0.3 is 9.80 Å². The molecule has 2 aromatic heterocycles. The van der Waals surface area contributed by atoms with E-state index >= 15 is 0 Å². The Bertz CT molecular complexity index is 2010. The second kappa shape index (κ2) is 19.0. The van der Waals surface area contributed by atoms with Crippen LogP contribution < -0.4 is 0 Å². The molecule has 8 rings (SSSR count). The van der Waals surface area contributed by atoms with Crippen molar-refractivity contribution in [1.29, 1.82) is 0 Å². The number of piperazine rings is 1. The molecule has 9 nitrogen and oxygen atoms in total. The number of aryl methyl sites for hydroxylation is 4. The molecule has 4 aliphatic rings. The third-order valence-corrected chi connectivity index (χ3v) is 14.5. The van der Waals surface area contributed by atoms with E-state index < -0.39 is 0 Å². The van der Waals surface area contributed by atoms with Crippen LogP contribution in [0.25, 0.3) is 0 Å². The summed E-state index contributed by atoms with van der Waals surface area (Å²) in [5.74, 6) is 0.861. The Morgan fingerprint density at radius 1 is 0.650 bits per heavy atom. The first-order valence-electron chi connectivity index (χ1n) is 21.9. The highest BCUT2D eigenvalue weighted by atomic mass is 35.5. The fourth-order valence-corrected chi connectivity index (χ4v) is 10.4. The Morgan fingerprint density at radius 2 is 1.15 bits per heavy atom. The summed E-state index contributed by atoms with van der Waals surface area (Å²) < 4.78 is 0. The quantitative estimate of drug-likeness (QED) is 0.195. The smallest absolute Gasteiger partial charge is 0.241 e. The number of hydrogen-bond acceptors (Lipinski definition) is 7. The summed E-state index contributed by atoms with van der Waals surface area (Å²) in [6.07, 6.45) is 9.52. The van der Waals surface area contributed by atoms with E-state index in [1.54, 1.807) is 0 Å². The molecule has 2 fully saturated rings. The topological polar surface area (TPSA) is 76.1 Å². The van der Waals surface area contributed by atoms with E-state index in [1.807, 2.05) is 73.7 Å². The van der Waals surface area contributed by atoms with E-state index in [-0.39, 0.29) is 47.9 Å². The number of hydrogen-bond donors (Lipinski definition) is 0. The predicted octanol–water partition coefficient (Wildman–Crippen LogP) is 7.95. The second-order valence-corrected chi connectivity index (χ2v) is 18.8. The van der Waals surface area contributed by atoms with Gasteiger partial charge >= 0.3 is 0 Å². The Labute approximate surface area is 368 Å². The molecule has 4 heterocycles. The third kappa shape index (κ3) is 9.03. The fraction of sp³-hybridized carbons (Fsp3) is 0.510. The molecule has 0 spiro atoms. The normalized spacial score (nSPS) is 23.2. The van der Waals surface area contributed by atoms with Crippen molar-refractivity contribution in [2.75, 3.05) is 54.4 Å². The van der Waals surface area contributed by atoms with Gasteiger partial charge in [-0.2, -0.15) is 0 Å². The van der Waals surface area contributed by atoms with Gasteiger partial charge in [0.1, 0.15) is 6.04 Å². The molecule has 0 saturated carbocycles. The predicted molar refractivity (Wildman–Crippen MR) is 243 cm³/mol. The maximum Gasteiger partial charge on any atom is 0.241 e. The van der Waals surface area contributed by atoms with Gasteiger partial charge in [0.05, 0.1) is 23.5 Å². The number of aromatic nitrogens is 2. The maximum atomic E-state index is 13.2. The average Bonchev–Trinajstić information content (AvgIpc) is 3.53. The molecule has 11 heteroatoms. The largest absolute Gasteiger partial charge is 0.342 e. The van der Waals surface area contributed by atoms with Crippen molar-refractivity contribution in [3.05, 3.63) is 128 Å². The van der Waals surface area contributed by atoms with Gasteiger partial charge in [-0.15, -0.1) is 0 Å². The van der Waals surface area contributed by atoms with Gasteiger partial charge in [-0.3, -0.25) is 34.3 Å². The molecule has 5 atom stereocenters. The first-order chi connectivity index (χ1) is 28.8. The maximum absolute atomic E-state index is 13.2. The Kier molecular flexibility index (Phi) is 14.0. The first kappa shape index (κ1) is 44.2. The number of halogens is 2. The van der Waals surface area contributed by atoms with Crippen molar-refractivity contribution in [2.45, 2.75) is 102 Å². The average molecular weight is 853 g/mol. The minimum atomic E-state index is -0.174. The van der Waals surface area contributed by atoms with Crippen molar-refractivity contribution in [2.24, 2.45) is 5.92 Å². The van der Waals surface area contributed by atoms with Gasteiger partial charge in [-0.05, 0) is 150 Å². The van der Waals surface area contributed by atoms with Crippen molar-refractivity contribution in [1.82, 2.24) is 34.5 Å². The summed E-state index contributed by atoms with van der Waals surface area (Å²) in [5.41, 5.74) is 9.82. The van der Waals surface area contributed by atoms with E-state index in [9.17, 15) is 9.59 Å². The molecule has 2 saturated heterocycles. The highest BCUT2D eigenvalue weighted by Crippen LogP contribution is 2.46. The zero-order chi connectivity index (χ0) is 42.8. The summed E-state index contributed by atoms with van der Waals surface area (Å²) in [5, 5.41) is 1.62. The van der Waals surface area contributed by atoms with Crippen LogP contribution in [0.4, 0.5) is 0 Å². The Morgan fingerprint density at radius 3 is 1.77 bits per heavy atom. The lowest BCUT2D eigenvalue weighted by Crippen LogP contribution is -2.59. The second-order valence-electron chi connectivity index (χ2n) is 18.0. The molecular weight excluding hydrogens is 789 g/mol. The number of likely N-dealkylation sites (N-methyl/N-ethyl adjacent to an activating group) is 4. The molecule has 4 aromatic rings. The van der Waals surface area contributed by atoms with Crippen LogP contribution in [-0.4, -0.2) is 125 Å². The van der Waals surface area contributed by atoms with Crippen molar-refractivity contribution in [3.63, 3.8) is 0 Å². The lowest BCUT2D eigenvalue weighted by molar-refractivity contribution is -0.139. The van der Waals surface area contributed by atoms with Crippen LogP contribution in [-0.2, 0) is 35.3 Å². The standard InChI is InChI=1S/C25H32ClN3O.C24H31ClN4O/c1-16(2)29(4)25(30)21-15-19(12-14-28(21)3)23-22-17(7-5-9-20(22)26)10-11-18-8-6-13-27-24(18)23;1-16(2)28(4)24(30)20-15-29(14-13-27(20)3)23-21-17(7-5-9-19(21)25)10-11-18-8-6-12-26-22(18)23/h5-9,13,16,19,21,23H,10-12,14-15H2,1-4H3;5-9,12,16,20,23H,10-11,13-15H2,1-4H3/t19?,21-,23+;20-,23-/m11/s1. The van der Waals surface area contributed by atoms with E-state index in [2.05, 4.69) is 79.8 Å². The molecular formula is C49H63Cl2N7O2. The van der Waals surface area contributed by atoms with E-state index in [0.29, 0.717) is 12.5 Å².